The molecule has 0 aromatic carbocycles. The minimum absolute atomic E-state index is 0.0126. The molecule has 8 nitrogen and oxygen atoms in total. The number of hydrogen-bond acceptors (Lipinski definition) is 6. The van der Waals surface area contributed by atoms with E-state index in [4.69, 9.17) is 9.05 Å². The molecule has 0 aromatic rings. The summed E-state index contributed by atoms with van der Waals surface area (Å²) < 4.78 is 23.0. The van der Waals surface area contributed by atoms with Crippen molar-refractivity contribution in [3.63, 3.8) is 0 Å². The molecule has 0 spiro atoms. The van der Waals surface area contributed by atoms with Crippen molar-refractivity contribution in [3.8, 4) is 0 Å². The third-order valence-corrected chi connectivity index (χ3v) is 8.85. The predicted octanol–water partition coefficient (Wildman–Crippen LogP) is 9.44. The van der Waals surface area contributed by atoms with Crippen LogP contribution in [-0.2, 0) is 18.4 Å². The van der Waals surface area contributed by atoms with Gasteiger partial charge in [0, 0.05) is 6.42 Å². The molecule has 0 radical (unpaired) electrons. The van der Waals surface area contributed by atoms with E-state index in [9.17, 15) is 19.4 Å². The highest BCUT2D eigenvalue weighted by Gasteiger charge is 2.23. The number of quaternary nitrogens is 1. The predicted molar refractivity (Wildman–Crippen MR) is 210 cm³/mol. The summed E-state index contributed by atoms with van der Waals surface area (Å²) in [6, 6.07) is -0.907. The van der Waals surface area contributed by atoms with Crippen molar-refractivity contribution >= 4 is 13.7 Å². The summed E-state index contributed by atoms with van der Waals surface area (Å²) in [6.07, 6.45) is 42.6. The van der Waals surface area contributed by atoms with E-state index in [2.05, 4.69) is 79.9 Å². The minimum atomic E-state index is -4.59. The standard InChI is InChI=1S/C41H73N2O6P/c1-6-8-10-12-14-15-16-17-18-19-20-21-22-23-24-25-26-27-29-31-33-35-41(45)42-39(40(44)34-32-30-28-13-11-9-7-2)38-49-50(46,47)48-37-36-43(3,4)5/h8,10-11,13-15,17-18,20-21,32,34,39-40,44H,6-7,9,12,16,19,22-31,33,35-38H2,1-5H3,(H-,42,45,46,47)/b10-8-,13-11+,15-14-,18-17-,21-20-,34-32+. The fourth-order valence-corrected chi connectivity index (χ4v) is 5.53. The summed E-state index contributed by atoms with van der Waals surface area (Å²) in [5.41, 5.74) is 0. The van der Waals surface area contributed by atoms with Crippen molar-refractivity contribution < 1.29 is 32.9 Å². The maximum Gasteiger partial charge on any atom is 0.268 e. The van der Waals surface area contributed by atoms with Crippen LogP contribution in [-0.4, -0.2) is 68.5 Å². The number of hydrogen-bond donors (Lipinski definition) is 2. The third kappa shape index (κ3) is 34.4. The lowest BCUT2D eigenvalue weighted by Gasteiger charge is -2.29. The zero-order valence-corrected chi connectivity index (χ0v) is 33.2. The minimum Gasteiger partial charge on any atom is -0.756 e. The molecule has 9 heteroatoms. The Kier molecular flexibility index (Phi) is 31.5. The number of nitrogens with zero attached hydrogens (tertiary/aromatic N) is 1. The summed E-state index contributed by atoms with van der Waals surface area (Å²) >= 11 is 0. The number of carbonyl (C=O) groups excluding carboxylic acids is 1. The number of phosphoric acid groups is 1. The highest BCUT2D eigenvalue weighted by molar-refractivity contribution is 7.45. The Labute approximate surface area is 306 Å². The molecular weight excluding hydrogens is 647 g/mol. The molecule has 288 valence electrons. The van der Waals surface area contributed by atoms with Crippen LogP contribution in [0, 0.1) is 0 Å². The number of phosphoric ester groups is 1. The maximum atomic E-state index is 12.7. The van der Waals surface area contributed by atoms with E-state index in [1.807, 2.05) is 27.2 Å². The van der Waals surface area contributed by atoms with E-state index in [1.165, 1.54) is 25.7 Å². The number of likely N-dealkylation sites (N-methyl/N-ethyl adjacent to an activating group) is 1. The number of nitrogens with one attached hydrogen (secondary N) is 1. The first-order valence-electron chi connectivity index (χ1n) is 19.3. The second-order valence-electron chi connectivity index (χ2n) is 13.9. The van der Waals surface area contributed by atoms with Crippen LogP contribution in [0.1, 0.15) is 129 Å². The average Bonchev–Trinajstić information content (AvgIpc) is 3.06. The van der Waals surface area contributed by atoms with Crippen LogP contribution in [0.2, 0.25) is 0 Å². The van der Waals surface area contributed by atoms with Gasteiger partial charge < -0.3 is 28.8 Å². The van der Waals surface area contributed by atoms with E-state index in [0.717, 1.165) is 83.5 Å². The summed E-state index contributed by atoms with van der Waals surface area (Å²) in [7, 11) is 1.22. The molecule has 0 aliphatic heterocycles. The first-order chi connectivity index (χ1) is 24.0. The number of unbranched alkanes of at least 4 members (excludes halogenated alkanes) is 10. The Bertz CT molecular complexity index is 1040. The molecule has 3 unspecified atom stereocenters. The van der Waals surface area contributed by atoms with Gasteiger partial charge in [-0.3, -0.25) is 9.36 Å². The summed E-state index contributed by atoms with van der Waals surface area (Å²) in [5.74, 6) is -0.226. The highest BCUT2D eigenvalue weighted by atomic mass is 31.2. The second-order valence-corrected chi connectivity index (χ2v) is 15.3. The number of allylic oxidation sites excluding steroid dienone is 11. The number of amides is 1. The van der Waals surface area contributed by atoms with Crippen molar-refractivity contribution in [2.75, 3.05) is 40.9 Å². The monoisotopic (exact) mass is 721 g/mol. The van der Waals surface area contributed by atoms with Crippen LogP contribution in [0.4, 0.5) is 0 Å². The summed E-state index contributed by atoms with van der Waals surface area (Å²) in [5, 5.41) is 13.6. The van der Waals surface area contributed by atoms with Crippen molar-refractivity contribution in [2.45, 2.75) is 142 Å². The van der Waals surface area contributed by atoms with Gasteiger partial charge in [-0.25, -0.2) is 0 Å². The highest BCUT2D eigenvalue weighted by Crippen LogP contribution is 2.38. The fraction of sp³-hybridized carbons (Fsp3) is 0.683. The van der Waals surface area contributed by atoms with E-state index in [0.29, 0.717) is 17.4 Å². The third-order valence-electron chi connectivity index (χ3n) is 7.88. The van der Waals surface area contributed by atoms with Crippen LogP contribution in [0.25, 0.3) is 0 Å². The maximum absolute atomic E-state index is 12.7. The Hall–Kier alpha value is -2.06. The Morgan fingerprint density at radius 1 is 0.720 bits per heavy atom. The molecule has 0 bridgehead atoms. The largest absolute Gasteiger partial charge is 0.756 e. The molecule has 0 rings (SSSR count). The lowest BCUT2D eigenvalue weighted by atomic mass is 10.1. The smallest absolute Gasteiger partial charge is 0.268 e. The lowest BCUT2D eigenvalue weighted by Crippen LogP contribution is -2.45. The summed E-state index contributed by atoms with van der Waals surface area (Å²) in [4.78, 5) is 25.1. The van der Waals surface area contributed by atoms with Crippen LogP contribution >= 0.6 is 7.82 Å². The van der Waals surface area contributed by atoms with Crippen LogP contribution in [0.3, 0.4) is 0 Å². The number of carbonyl (C=O) groups is 1. The van der Waals surface area contributed by atoms with Gasteiger partial charge in [-0.05, 0) is 64.2 Å². The van der Waals surface area contributed by atoms with Crippen molar-refractivity contribution in [1.82, 2.24) is 5.32 Å². The SMILES string of the molecule is CC/C=C\C/C=C\C/C=C\C/C=C\CCCCCCCCCCC(=O)NC(COP(=O)([O-])OCC[N+](C)(C)C)C(O)/C=C/CC/C=C/CCC. The number of aliphatic hydroxyl groups excluding tert-OH is 1. The van der Waals surface area contributed by atoms with Crippen LogP contribution < -0.4 is 10.2 Å². The number of rotatable bonds is 33. The molecule has 0 saturated heterocycles. The number of aliphatic hydroxyl groups is 1. The molecule has 2 N–H and O–H groups in total. The molecule has 3 atom stereocenters. The van der Waals surface area contributed by atoms with Gasteiger partial charge in [-0.1, -0.05) is 132 Å². The Morgan fingerprint density at radius 3 is 1.84 bits per heavy atom. The van der Waals surface area contributed by atoms with E-state index in [1.54, 1.807) is 6.08 Å². The molecule has 0 aliphatic rings. The van der Waals surface area contributed by atoms with Crippen LogP contribution in [0.15, 0.2) is 72.9 Å². The zero-order valence-electron chi connectivity index (χ0n) is 32.3. The quantitative estimate of drug-likeness (QED) is 0.0303. The van der Waals surface area contributed by atoms with Crippen LogP contribution in [0.5, 0.6) is 0 Å². The van der Waals surface area contributed by atoms with Gasteiger partial charge in [-0.15, -0.1) is 0 Å². The second kappa shape index (κ2) is 32.8. The summed E-state index contributed by atoms with van der Waals surface area (Å²) in [6.45, 7) is 4.35. The fourth-order valence-electron chi connectivity index (χ4n) is 4.81. The molecule has 0 aliphatic carbocycles. The van der Waals surface area contributed by atoms with Crippen molar-refractivity contribution in [2.24, 2.45) is 0 Å². The molecule has 0 saturated carbocycles. The first kappa shape index (κ1) is 47.9. The molecule has 50 heavy (non-hydrogen) atoms. The van der Waals surface area contributed by atoms with Gasteiger partial charge in [0.2, 0.25) is 5.91 Å². The van der Waals surface area contributed by atoms with Crippen molar-refractivity contribution in [3.05, 3.63) is 72.9 Å². The molecule has 0 fully saturated rings. The van der Waals surface area contributed by atoms with Gasteiger partial charge in [0.1, 0.15) is 13.2 Å². The molecular formula is C41H73N2O6P. The van der Waals surface area contributed by atoms with Gasteiger partial charge in [0.05, 0.1) is 39.9 Å². The Balaban J connectivity index is 4.33. The van der Waals surface area contributed by atoms with Gasteiger partial charge in [0.25, 0.3) is 7.82 Å². The van der Waals surface area contributed by atoms with Gasteiger partial charge >= 0.3 is 0 Å². The zero-order chi connectivity index (χ0) is 37.2. The molecule has 0 aromatic heterocycles. The topological polar surface area (TPSA) is 108 Å². The Morgan fingerprint density at radius 2 is 1.24 bits per heavy atom. The molecule has 0 heterocycles. The van der Waals surface area contributed by atoms with Gasteiger partial charge in [-0.2, -0.15) is 0 Å². The van der Waals surface area contributed by atoms with Gasteiger partial charge in [0.15, 0.2) is 0 Å². The van der Waals surface area contributed by atoms with E-state index in [-0.39, 0.29) is 12.5 Å². The molecule has 1 amide bonds. The van der Waals surface area contributed by atoms with E-state index < -0.39 is 26.6 Å². The first-order valence-corrected chi connectivity index (χ1v) is 20.8. The average molecular weight is 721 g/mol. The lowest BCUT2D eigenvalue weighted by molar-refractivity contribution is -0.870. The van der Waals surface area contributed by atoms with Crippen molar-refractivity contribution in [1.29, 1.82) is 0 Å². The normalized spacial score (nSPS) is 15.4. The van der Waals surface area contributed by atoms with E-state index >= 15 is 0 Å².